The Bertz CT molecular complexity index is 332. The number of hydrogen-bond donors (Lipinski definition) is 1. The zero-order valence-electron chi connectivity index (χ0n) is 10.2. The fourth-order valence-corrected chi connectivity index (χ4v) is 2.40. The highest BCUT2D eigenvalue weighted by atomic mass is 15.2. The van der Waals surface area contributed by atoms with E-state index in [1.54, 1.807) is 0 Å². The number of pyridine rings is 1. The van der Waals surface area contributed by atoms with E-state index < -0.39 is 0 Å². The van der Waals surface area contributed by atoms with Crippen molar-refractivity contribution in [3.63, 3.8) is 0 Å². The normalized spacial score (nSPS) is 19.6. The number of nitrogens with zero attached hydrogens (tertiary/aromatic N) is 2. The predicted molar refractivity (Wildman–Crippen MR) is 66.4 cm³/mol. The highest BCUT2D eigenvalue weighted by Gasteiger charge is 2.21. The zero-order chi connectivity index (χ0) is 11.4. The summed E-state index contributed by atoms with van der Waals surface area (Å²) in [6, 6.07) is 6.82. The van der Waals surface area contributed by atoms with Crippen LogP contribution in [0.4, 0.5) is 0 Å². The summed E-state index contributed by atoms with van der Waals surface area (Å²) in [5.41, 5.74) is 2.34. The largest absolute Gasteiger partial charge is 0.314 e. The van der Waals surface area contributed by atoms with Gasteiger partial charge < -0.3 is 5.32 Å². The summed E-state index contributed by atoms with van der Waals surface area (Å²) >= 11 is 0. The van der Waals surface area contributed by atoms with Crippen molar-refractivity contribution in [2.24, 2.45) is 0 Å². The number of piperazine rings is 1. The van der Waals surface area contributed by atoms with Crippen molar-refractivity contribution in [1.29, 1.82) is 0 Å². The maximum atomic E-state index is 4.66. The van der Waals surface area contributed by atoms with Crippen LogP contribution in [0.2, 0.25) is 0 Å². The molecule has 1 unspecified atom stereocenters. The van der Waals surface area contributed by atoms with Crippen molar-refractivity contribution in [2.75, 3.05) is 26.2 Å². The summed E-state index contributed by atoms with van der Waals surface area (Å²) in [5.74, 6) is 0. The van der Waals surface area contributed by atoms with Crippen LogP contribution >= 0.6 is 0 Å². The average molecular weight is 219 g/mol. The van der Waals surface area contributed by atoms with Crippen LogP contribution in [0.3, 0.4) is 0 Å². The molecule has 2 rings (SSSR count). The minimum atomic E-state index is 0.488. The lowest BCUT2D eigenvalue weighted by molar-refractivity contribution is 0.166. The molecule has 16 heavy (non-hydrogen) atoms. The van der Waals surface area contributed by atoms with Gasteiger partial charge >= 0.3 is 0 Å². The Morgan fingerprint density at radius 1 is 1.38 bits per heavy atom. The molecule has 1 saturated heterocycles. The molecule has 0 saturated carbocycles. The smallest absolute Gasteiger partial charge is 0.0578 e. The summed E-state index contributed by atoms with van der Waals surface area (Å²) in [5, 5.41) is 3.39. The van der Waals surface area contributed by atoms with Crippen LogP contribution in [0.1, 0.15) is 30.8 Å². The van der Waals surface area contributed by atoms with Crippen LogP contribution < -0.4 is 5.32 Å². The van der Waals surface area contributed by atoms with Gasteiger partial charge in [-0.25, -0.2) is 0 Å². The second-order valence-corrected chi connectivity index (χ2v) is 4.41. The summed E-state index contributed by atoms with van der Waals surface area (Å²) in [7, 11) is 0. The van der Waals surface area contributed by atoms with E-state index in [0.717, 1.165) is 38.3 Å². The van der Waals surface area contributed by atoms with Crippen molar-refractivity contribution in [3.05, 3.63) is 29.6 Å². The molecule has 1 aliphatic rings. The Labute approximate surface area is 97.9 Å². The van der Waals surface area contributed by atoms with Gasteiger partial charge in [-0.2, -0.15) is 0 Å². The molecule has 3 nitrogen and oxygen atoms in total. The van der Waals surface area contributed by atoms with Gasteiger partial charge in [0.25, 0.3) is 0 Å². The Morgan fingerprint density at radius 3 is 2.75 bits per heavy atom. The first kappa shape index (κ1) is 11.6. The molecule has 88 valence electrons. The number of rotatable bonds is 3. The zero-order valence-corrected chi connectivity index (χ0v) is 10.2. The number of aromatic nitrogens is 1. The molecule has 0 spiro atoms. The van der Waals surface area contributed by atoms with Gasteiger partial charge in [-0.3, -0.25) is 9.88 Å². The molecule has 1 N–H and O–H groups in total. The van der Waals surface area contributed by atoms with E-state index in [1.807, 2.05) is 0 Å². The quantitative estimate of drug-likeness (QED) is 0.839. The molecule has 0 radical (unpaired) electrons. The first-order chi connectivity index (χ1) is 7.81. The van der Waals surface area contributed by atoms with Gasteiger partial charge in [0.15, 0.2) is 0 Å². The Kier molecular flexibility index (Phi) is 3.91. The van der Waals surface area contributed by atoms with Gasteiger partial charge in [0, 0.05) is 31.9 Å². The monoisotopic (exact) mass is 219 g/mol. The van der Waals surface area contributed by atoms with Gasteiger partial charge in [0.05, 0.1) is 11.7 Å². The lowest BCUT2D eigenvalue weighted by atomic mass is 10.1. The number of aryl methyl sites for hydroxylation is 1. The molecule has 0 aromatic carbocycles. The van der Waals surface area contributed by atoms with Crippen LogP contribution in [-0.4, -0.2) is 36.1 Å². The molecule has 1 fully saturated rings. The summed E-state index contributed by atoms with van der Waals surface area (Å²) in [4.78, 5) is 7.20. The predicted octanol–water partition coefficient (Wildman–Crippen LogP) is 1.75. The molecule has 1 aromatic rings. The molecule has 0 bridgehead atoms. The SMILES string of the molecule is CCC(c1cccc(C)n1)N1CCNCC1. The highest BCUT2D eigenvalue weighted by molar-refractivity contribution is 5.13. The fourth-order valence-electron chi connectivity index (χ4n) is 2.40. The molecule has 1 aliphatic heterocycles. The van der Waals surface area contributed by atoms with Crippen molar-refractivity contribution in [2.45, 2.75) is 26.3 Å². The molecular formula is C13H21N3. The Morgan fingerprint density at radius 2 is 2.12 bits per heavy atom. The van der Waals surface area contributed by atoms with Crippen LogP contribution in [-0.2, 0) is 0 Å². The van der Waals surface area contributed by atoms with Crippen LogP contribution in [0.5, 0.6) is 0 Å². The van der Waals surface area contributed by atoms with Crippen LogP contribution in [0.25, 0.3) is 0 Å². The minimum absolute atomic E-state index is 0.488. The summed E-state index contributed by atoms with van der Waals surface area (Å²) in [6.45, 7) is 8.78. The number of nitrogens with one attached hydrogen (secondary N) is 1. The van der Waals surface area contributed by atoms with Gasteiger partial charge in [-0.1, -0.05) is 13.0 Å². The van der Waals surface area contributed by atoms with Crippen molar-refractivity contribution in [1.82, 2.24) is 15.2 Å². The van der Waals surface area contributed by atoms with E-state index in [1.165, 1.54) is 5.69 Å². The lowest BCUT2D eigenvalue weighted by Gasteiger charge is -2.34. The fraction of sp³-hybridized carbons (Fsp3) is 0.615. The van der Waals surface area contributed by atoms with E-state index >= 15 is 0 Å². The maximum absolute atomic E-state index is 4.66. The molecule has 3 heteroatoms. The molecule has 0 aliphatic carbocycles. The van der Waals surface area contributed by atoms with Crippen molar-refractivity contribution in [3.8, 4) is 0 Å². The Hall–Kier alpha value is -0.930. The standard InChI is InChI=1S/C13H21N3/c1-3-13(16-9-7-14-8-10-16)12-6-4-5-11(2)15-12/h4-6,13-14H,3,7-10H2,1-2H3. The van der Waals surface area contributed by atoms with Crippen LogP contribution in [0, 0.1) is 6.92 Å². The highest BCUT2D eigenvalue weighted by Crippen LogP contribution is 2.22. The first-order valence-electron chi connectivity index (χ1n) is 6.19. The third-order valence-corrected chi connectivity index (χ3v) is 3.23. The lowest BCUT2D eigenvalue weighted by Crippen LogP contribution is -2.45. The molecule has 1 atom stereocenters. The molecule has 0 amide bonds. The first-order valence-corrected chi connectivity index (χ1v) is 6.19. The van der Waals surface area contributed by atoms with Crippen molar-refractivity contribution < 1.29 is 0 Å². The third-order valence-electron chi connectivity index (χ3n) is 3.23. The van der Waals surface area contributed by atoms with E-state index in [0.29, 0.717) is 6.04 Å². The second kappa shape index (κ2) is 5.41. The summed E-state index contributed by atoms with van der Waals surface area (Å²) < 4.78 is 0. The third kappa shape index (κ3) is 2.60. The van der Waals surface area contributed by atoms with Crippen molar-refractivity contribution >= 4 is 0 Å². The maximum Gasteiger partial charge on any atom is 0.0578 e. The molecule has 2 heterocycles. The Balaban J connectivity index is 2.14. The number of hydrogen-bond acceptors (Lipinski definition) is 3. The molecule has 1 aromatic heterocycles. The summed E-state index contributed by atoms with van der Waals surface area (Å²) in [6.07, 6.45) is 1.14. The van der Waals surface area contributed by atoms with E-state index in [4.69, 9.17) is 0 Å². The van der Waals surface area contributed by atoms with E-state index in [-0.39, 0.29) is 0 Å². The second-order valence-electron chi connectivity index (χ2n) is 4.41. The van der Waals surface area contributed by atoms with Gasteiger partial charge in [0.2, 0.25) is 0 Å². The average Bonchev–Trinajstić information content (AvgIpc) is 2.31. The topological polar surface area (TPSA) is 28.2 Å². The van der Waals surface area contributed by atoms with Gasteiger partial charge in [-0.15, -0.1) is 0 Å². The van der Waals surface area contributed by atoms with Crippen LogP contribution in [0.15, 0.2) is 18.2 Å². The molecular weight excluding hydrogens is 198 g/mol. The minimum Gasteiger partial charge on any atom is -0.314 e. The van der Waals surface area contributed by atoms with Gasteiger partial charge in [-0.05, 0) is 25.5 Å². The van der Waals surface area contributed by atoms with Gasteiger partial charge in [0.1, 0.15) is 0 Å². The van der Waals surface area contributed by atoms with E-state index in [2.05, 4.69) is 47.2 Å². The van der Waals surface area contributed by atoms with E-state index in [9.17, 15) is 0 Å².